The maximum atomic E-state index is 13.3. The van der Waals surface area contributed by atoms with E-state index in [0.717, 1.165) is 37.3 Å². The first-order valence-corrected chi connectivity index (χ1v) is 11.7. The zero-order valence-corrected chi connectivity index (χ0v) is 18.7. The van der Waals surface area contributed by atoms with E-state index in [-0.39, 0.29) is 5.91 Å². The third kappa shape index (κ3) is 3.85. The highest BCUT2D eigenvalue weighted by Gasteiger charge is 2.46. The van der Waals surface area contributed by atoms with Gasteiger partial charge in [-0.2, -0.15) is 5.10 Å². The van der Waals surface area contributed by atoms with Crippen molar-refractivity contribution in [1.29, 1.82) is 0 Å². The van der Waals surface area contributed by atoms with Crippen molar-refractivity contribution in [2.24, 2.45) is 4.99 Å². The molecule has 31 heavy (non-hydrogen) atoms. The standard InChI is InChI=1S/C23H29ClN6O/c1-2-30-14-18(24)20(28-30)21(31)29-12-11-23(15-29)22(26-17-8-4-5-9-17)27-19-10-6-3-7-16(19)13-25-23/h3,6-7,10,14,17,25H,2,4-5,8-9,11-13,15H2,1H3,(H,26,27). The van der Waals surface area contributed by atoms with E-state index in [1.54, 1.807) is 10.9 Å². The normalized spacial score (nSPS) is 25.1. The first kappa shape index (κ1) is 20.5. The molecule has 164 valence electrons. The molecular weight excluding hydrogens is 412 g/mol. The Kier molecular flexibility index (Phi) is 5.48. The van der Waals surface area contributed by atoms with Crippen LogP contribution in [-0.4, -0.2) is 51.1 Å². The van der Waals surface area contributed by atoms with Crippen LogP contribution in [0.5, 0.6) is 0 Å². The molecule has 1 saturated carbocycles. The second-order valence-electron chi connectivity index (χ2n) is 8.79. The number of likely N-dealkylation sites (tertiary alicyclic amines) is 1. The third-order valence-electron chi connectivity index (χ3n) is 6.78. The van der Waals surface area contributed by atoms with E-state index in [4.69, 9.17) is 16.6 Å². The van der Waals surface area contributed by atoms with Gasteiger partial charge >= 0.3 is 0 Å². The molecule has 3 aliphatic rings. The van der Waals surface area contributed by atoms with Crippen LogP contribution in [0.1, 0.15) is 55.1 Å². The molecule has 1 aromatic carbocycles. The zero-order valence-electron chi connectivity index (χ0n) is 17.9. The highest BCUT2D eigenvalue weighted by atomic mass is 35.5. The number of nitrogens with one attached hydrogen (secondary N) is 2. The van der Waals surface area contributed by atoms with Gasteiger partial charge in [0, 0.05) is 38.1 Å². The second-order valence-corrected chi connectivity index (χ2v) is 9.20. The van der Waals surface area contributed by atoms with Crippen LogP contribution in [0.15, 0.2) is 35.5 Å². The number of rotatable bonds is 3. The Morgan fingerprint density at radius 3 is 2.90 bits per heavy atom. The molecule has 1 aliphatic carbocycles. The average Bonchev–Trinajstić information content (AvgIpc) is 3.50. The summed E-state index contributed by atoms with van der Waals surface area (Å²) < 4.78 is 1.70. The predicted molar refractivity (Wildman–Crippen MR) is 123 cm³/mol. The molecule has 7 nitrogen and oxygen atoms in total. The molecule has 1 spiro atoms. The molecule has 1 aromatic heterocycles. The number of amidine groups is 1. The number of carbonyl (C=O) groups is 1. The first-order chi connectivity index (χ1) is 15.1. The van der Waals surface area contributed by atoms with E-state index in [1.807, 2.05) is 17.9 Å². The number of benzene rings is 1. The van der Waals surface area contributed by atoms with Crippen LogP contribution in [0, 0.1) is 0 Å². The van der Waals surface area contributed by atoms with Crippen LogP contribution in [0.4, 0.5) is 5.69 Å². The lowest BCUT2D eigenvalue weighted by Crippen LogP contribution is -2.55. The van der Waals surface area contributed by atoms with E-state index >= 15 is 0 Å². The maximum Gasteiger partial charge on any atom is 0.275 e. The molecule has 1 saturated heterocycles. The number of aromatic nitrogens is 2. The van der Waals surface area contributed by atoms with E-state index in [2.05, 4.69) is 33.9 Å². The summed E-state index contributed by atoms with van der Waals surface area (Å²) in [6, 6.07) is 8.70. The SMILES string of the molecule is CCn1cc(Cl)c(C(=O)N2CCC3(C2)NCc2ccccc2NC3=NC2CCCC2)n1. The van der Waals surface area contributed by atoms with Crippen molar-refractivity contribution in [3.05, 3.63) is 46.7 Å². The summed E-state index contributed by atoms with van der Waals surface area (Å²) in [7, 11) is 0. The quantitative estimate of drug-likeness (QED) is 0.763. The highest BCUT2D eigenvalue weighted by molar-refractivity contribution is 6.33. The van der Waals surface area contributed by atoms with Crippen LogP contribution >= 0.6 is 11.6 Å². The van der Waals surface area contributed by atoms with Gasteiger partial charge in [-0.05, 0) is 37.8 Å². The van der Waals surface area contributed by atoms with Crippen molar-refractivity contribution >= 4 is 29.0 Å². The van der Waals surface area contributed by atoms with Gasteiger partial charge in [-0.1, -0.05) is 42.6 Å². The molecule has 0 bridgehead atoms. The molecule has 1 unspecified atom stereocenters. The smallest absolute Gasteiger partial charge is 0.275 e. The number of para-hydroxylation sites is 1. The Morgan fingerprint density at radius 2 is 2.13 bits per heavy atom. The lowest BCUT2D eigenvalue weighted by molar-refractivity contribution is 0.0779. The molecule has 2 aromatic rings. The summed E-state index contributed by atoms with van der Waals surface area (Å²) in [6.07, 6.45) is 7.27. The molecule has 2 fully saturated rings. The number of aryl methyl sites for hydroxylation is 1. The van der Waals surface area contributed by atoms with Crippen LogP contribution in [0.2, 0.25) is 5.02 Å². The van der Waals surface area contributed by atoms with Crippen LogP contribution in [0.25, 0.3) is 0 Å². The summed E-state index contributed by atoms with van der Waals surface area (Å²) in [4.78, 5) is 20.3. The van der Waals surface area contributed by atoms with Gasteiger partial charge in [-0.3, -0.25) is 19.8 Å². The van der Waals surface area contributed by atoms with Crippen molar-refractivity contribution in [1.82, 2.24) is 20.0 Å². The van der Waals surface area contributed by atoms with Crippen molar-refractivity contribution in [2.75, 3.05) is 18.4 Å². The summed E-state index contributed by atoms with van der Waals surface area (Å²) in [5.41, 5.74) is 2.25. The summed E-state index contributed by atoms with van der Waals surface area (Å²) in [5, 5.41) is 12.2. The van der Waals surface area contributed by atoms with Crippen LogP contribution in [-0.2, 0) is 13.1 Å². The summed E-state index contributed by atoms with van der Waals surface area (Å²) >= 11 is 6.32. The fourth-order valence-corrected chi connectivity index (χ4v) is 5.17. The van der Waals surface area contributed by atoms with Crippen LogP contribution < -0.4 is 10.6 Å². The number of amides is 1. The van der Waals surface area contributed by atoms with Gasteiger partial charge in [0.05, 0.1) is 16.6 Å². The fourth-order valence-electron chi connectivity index (χ4n) is 4.94. The van der Waals surface area contributed by atoms with Gasteiger partial charge in [-0.25, -0.2) is 0 Å². The van der Waals surface area contributed by atoms with Gasteiger partial charge in [0.2, 0.25) is 0 Å². The molecular formula is C23H29ClN6O. The minimum Gasteiger partial charge on any atom is -0.342 e. The number of hydrogen-bond acceptors (Lipinski definition) is 4. The first-order valence-electron chi connectivity index (χ1n) is 11.3. The van der Waals surface area contributed by atoms with Gasteiger partial charge in [0.15, 0.2) is 5.69 Å². The van der Waals surface area contributed by atoms with Gasteiger partial charge < -0.3 is 10.2 Å². The monoisotopic (exact) mass is 440 g/mol. The lowest BCUT2D eigenvalue weighted by Gasteiger charge is -2.31. The molecule has 8 heteroatoms. The van der Waals surface area contributed by atoms with E-state index in [9.17, 15) is 4.79 Å². The van der Waals surface area contributed by atoms with E-state index in [0.29, 0.717) is 36.4 Å². The van der Waals surface area contributed by atoms with Gasteiger partial charge in [0.1, 0.15) is 5.84 Å². The third-order valence-corrected chi connectivity index (χ3v) is 7.05. The Bertz CT molecular complexity index is 1010. The van der Waals surface area contributed by atoms with Crippen molar-refractivity contribution in [3.63, 3.8) is 0 Å². The maximum absolute atomic E-state index is 13.3. The van der Waals surface area contributed by atoms with Crippen molar-refractivity contribution < 1.29 is 4.79 Å². The zero-order chi connectivity index (χ0) is 21.4. The highest BCUT2D eigenvalue weighted by Crippen LogP contribution is 2.32. The minimum atomic E-state index is -0.392. The fraction of sp³-hybridized carbons (Fsp3) is 0.522. The lowest BCUT2D eigenvalue weighted by atomic mass is 9.96. The van der Waals surface area contributed by atoms with E-state index < -0.39 is 5.54 Å². The largest absolute Gasteiger partial charge is 0.342 e. The summed E-state index contributed by atoms with van der Waals surface area (Å²) in [5.74, 6) is 0.850. The number of carbonyl (C=O) groups excluding carboxylic acids is 1. The van der Waals surface area contributed by atoms with Gasteiger partial charge in [-0.15, -0.1) is 0 Å². The number of hydrogen-bond donors (Lipinski definition) is 2. The van der Waals surface area contributed by atoms with Crippen LogP contribution in [0.3, 0.4) is 0 Å². The number of nitrogens with zero attached hydrogens (tertiary/aromatic N) is 4. The second kappa shape index (κ2) is 8.28. The molecule has 2 N–H and O–H groups in total. The number of fused-ring (bicyclic) bond motifs is 1. The number of halogens is 1. The van der Waals surface area contributed by atoms with Crippen molar-refractivity contribution in [2.45, 2.75) is 63.7 Å². The van der Waals surface area contributed by atoms with Crippen molar-refractivity contribution in [3.8, 4) is 0 Å². The predicted octanol–water partition coefficient (Wildman–Crippen LogP) is 3.70. The topological polar surface area (TPSA) is 74.6 Å². The Balaban J connectivity index is 1.45. The molecule has 5 rings (SSSR count). The molecule has 3 heterocycles. The minimum absolute atomic E-state index is 0.113. The Labute approximate surface area is 187 Å². The molecule has 1 amide bonds. The summed E-state index contributed by atoms with van der Waals surface area (Å²) in [6.45, 7) is 4.59. The Morgan fingerprint density at radius 1 is 1.32 bits per heavy atom. The van der Waals surface area contributed by atoms with E-state index in [1.165, 1.54) is 18.4 Å². The number of aliphatic imine (C=N–C) groups is 1. The average molecular weight is 441 g/mol. The molecule has 0 radical (unpaired) electrons. The molecule has 1 atom stereocenters. The number of anilines is 1. The van der Waals surface area contributed by atoms with Gasteiger partial charge in [0.25, 0.3) is 5.91 Å². The molecule has 2 aliphatic heterocycles. The Hall–Kier alpha value is -2.38.